The van der Waals surface area contributed by atoms with Gasteiger partial charge in [0.2, 0.25) is 10.0 Å². The van der Waals surface area contributed by atoms with E-state index in [1.165, 1.54) is 7.05 Å². The molecule has 0 unspecified atom stereocenters. The van der Waals surface area contributed by atoms with Crippen molar-refractivity contribution >= 4 is 15.7 Å². The van der Waals surface area contributed by atoms with E-state index in [-0.39, 0.29) is 5.75 Å². The average Bonchev–Trinajstić information content (AvgIpc) is 2.17. The van der Waals surface area contributed by atoms with E-state index in [1.54, 1.807) is 24.3 Å². The summed E-state index contributed by atoms with van der Waals surface area (Å²) in [7, 11) is -1.89. The summed E-state index contributed by atoms with van der Waals surface area (Å²) in [5.74, 6) is -0.0982. The van der Waals surface area contributed by atoms with Gasteiger partial charge in [-0.3, -0.25) is 10.7 Å². The monoisotopic (exact) mass is 216 g/mol. The summed E-state index contributed by atoms with van der Waals surface area (Å²) in [4.78, 5) is 0. The smallest absolute Gasteiger partial charge is 0.215 e. The minimum Gasteiger partial charge on any atom is -0.291 e. The molecule has 1 aromatic carbocycles. The van der Waals surface area contributed by atoms with E-state index in [9.17, 15) is 8.42 Å². The highest BCUT2D eigenvalue weighted by atomic mass is 32.2. The molecule has 78 valence electrons. The van der Waals surface area contributed by atoms with Gasteiger partial charge in [-0.2, -0.15) is 0 Å². The minimum absolute atomic E-state index is 0.0982. The zero-order valence-electron chi connectivity index (χ0n) is 7.69. The van der Waals surface area contributed by atoms with Crippen molar-refractivity contribution in [1.82, 2.24) is 4.72 Å². The first kappa shape index (κ1) is 11.0. The molecule has 1 rings (SSSR count). The van der Waals surface area contributed by atoms with Gasteiger partial charge in [0.25, 0.3) is 0 Å². The zero-order valence-corrected chi connectivity index (χ0v) is 8.50. The van der Waals surface area contributed by atoms with Crippen molar-refractivity contribution in [2.24, 2.45) is 0 Å². The second-order valence-corrected chi connectivity index (χ2v) is 4.70. The minimum atomic E-state index is -3.26. The Morgan fingerprint density at radius 1 is 1.43 bits per heavy atom. The molecule has 0 aliphatic rings. The molecule has 1 aromatic rings. The highest BCUT2D eigenvalue weighted by molar-refractivity contribution is 7.88. The van der Waals surface area contributed by atoms with Crippen molar-refractivity contribution in [3.8, 4) is 0 Å². The normalized spacial score (nSPS) is 11.3. The van der Waals surface area contributed by atoms with Crippen LogP contribution in [0.4, 0.5) is 5.69 Å². The molecular formula is C8H12N2O3S. The van der Waals surface area contributed by atoms with Crippen LogP contribution in [0.15, 0.2) is 24.3 Å². The predicted molar refractivity (Wildman–Crippen MR) is 53.5 cm³/mol. The summed E-state index contributed by atoms with van der Waals surface area (Å²) in [6, 6.07) is 6.54. The second kappa shape index (κ2) is 4.41. The van der Waals surface area contributed by atoms with E-state index in [2.05, 4.69) is 4.72 Å². The molecule has 0 heterocycles. The third-order valence-corrected chi connectivity index (χ3v) is 3.06. The molecule has 0 aliphatic heterocycles. The standard InChI is InChI=1S/C8H12N2O3S/c1-9-14(12,13)6-7-3-2-4-8(5-7)10-11/h2-5,9-11H,6H2,1H3. The van der Waals surface area contributed by atoms with E-state index < -0.39 is 10.0 Å². The fourth-order valence-electron chi connectivity index (χ4n) is 1.02. The Hall–Kier alpha value is -1.11. The van der Waals surface area contributed by atoms with E-state index >= 15 is 0 Å². The molecule has 0 saturated carbocycles. The highest BCUT2D eigenvalue weighted by Crippen LogP contribution is 2.11. The number of nitrogens with one attached hydrogen (secondary N) is 2. The van der Waals surface area contributed by atoms with Gasteiger partial charge in [0, 0.05) is 0 Å². The van der Waals surface area contributed by atoms with Gasteiger partial charge in [0.15, 0.2) is 0 Å². The Morgan fingerprint density at radius 3 is 2.71 bits per heavy atom. The highest BCUT2D eigenvalue weighted by Gasteiger charge is 2.08. The van der Waals surface area contributed by atoms with E-state index in [0.717, 1.165) is 0 Å². The number of benzene rings is 1. The molecule has 0 aromatic heterocycles. The molecule has 0 radical (unpaired) electrons. The summed E-state index contributed by atoms with van der Waals surface area (Å²) in [5, 5.41) is 8.60. The maximum Gasteiger partial charge on any atom is 0.215 e. The fraction of sp³-hybridized carbons (Fsp3) is 0.250. The van der Waals surface area contributed by atoms with Crippen molar-refractivity contribution < 1.29 is 13.6 Å². The van der Waals surface area contributed by atoms with Gasteiger partial charge in [-0.15, -0.1) is 0 Å². The Kier molecular flexibility index (Phi) is 3.45. The van der Waals surface area contributed by atoms with E-state index in [4.69, 9.17) is 5.21 Å². The number of hydrogen-bond acceptors (Lipinski definition) is 4. The molecule has 3 N–H and O–H groups in total. The fourth-order valence-corrected chi connectivity index (χ4v) is 1.78. The van der Waals surface area contributed by atoms with E-state index in [0.29, 0.717) is 11.3 Å². The van der Waals surface area contributed by atoms with Gasteiger partial charge in [-0.25, -0.2) is 13.1 Å². The lowest BCUT2D eigenvalue weighted by atomic mass is 10.2. The predicted octanol–water partition coefficient (Wildman–Crippen LogP) is 0.537. The molecule has 0 spiro atoms. The molecular weight excluding hydrogens is 204 g/mol. The molecule has 0 aliphatic carbocycles. The lowest BCUT2D eigenvalue weighted by molar-refractivity contribution is 0.389. The van der Waals surface area contributed by atoms with Crippen LogP contribution < -0.4 is 10.2 Å². The molecule has 6 heteroatoms. The SMILES string of the molecule is CNS(=O)(=O)Cc1cccc(NO)c1. The van der Waals surface area contributed by atoms with Gasteiger partial charge < -0.3 is 0 Å². The van der Waals surface area contributed by atoms with Gasteiger partial charge in [0.1, 0.15) is 0 Å². The van der Waals surface area contributed by atoms with Crippen LogP contribution in [-0.2, 0) is 15.8 Å². The molecule has 0 amide bonds. The molecule has 0 saturated heterocycles. The Bertz CT molecular complexity index is 403. The number of anilines is 1. The first-order valence-corrected chi connectivity index (χ1v) is 5.63. The van der Waals surface area contributed by atoms with E-state index in [1.807, 2.05) is 5.48 Å². The van der Waals surface area contributed by atoms with Gasteiger partial charge in [-0.1, -0.05) is 12.1 Å². The Balaban J connectivity index is 2.87. The summed E-state index contributed by atoms with van der Waals surface area (Å²) in [6.07, 6.45) is 0. The lowest BCUT2D eigenvalue weighted by Crippen LogP contribution is -2.20. The molecule has 0 atom stereocenters. The van der Waals surface area contributed by atoms with Crippen LogP contribution in [0.25, 0.3) is 0 Å². The average molecular weight is 216 g/mol. The molecule has 14 heavy (non-hydrogen) atoms. The van der Waals surface area contributed by atoms with Gasteiger partial charge in [0.05, 0.1) is 11.4 Å². The van der Waals surface area contributed by atoms with Crippen molar-refractivity contribution in [2.45, 2.75) is 5.75 Å². The third kappa shape index (κ3) is 2.99. The van der Waals surface area contributed by atoms with Crippen LogP contribution in [0.2, 0.25) is 0 Å². The maximum atomic E-state index is 11.2. The van der Waals surface area contributed by atoms with Crippen molar-refractivity contribution in [3.63, 3.8) is 0 Å². The third-order valence-electron chi connectivity index (χ3n) is 1.72. The summed E-state index contributed by atoms with van der Waals surface area (Å²) in [6.45, 7) is 0. The summed E-state index contributed by atoms with van der Waals surface area (Å²) >= 11 is 0. The summed E-state index contributed by atoms with van der Waals surface area (Å²) < 4.78 is 24.6. The quantitative estimate of drug-likeness (QED) is 0.642. The van der Waals surface area contributed by atoms with Crippen LogP contribution >= 0.6 is 0 Å². The van der Waals surface area contributed by atoms with Crippen molar-refractivity contribution in [3.05, 3.63) is 29.8 Å². The number of sulfonamides is 1. The Morgan fingerprint density at radius 2 is 2.14 bits per heavy atom. The summed E-state index contributed by atoms with van der Waals surface area (Å²) in [5.41, 5.74) is 3.03. The lowest BCUT2D eigenvalue weighted by Gasteiger charge is -2.04. The molecule has 0 bridgehead atoms. The zero-order chi connectivity index (χ0) is 10.6. The van der Waals surface area contributed by atoms with Gasteiger partial charge in [-0.05, 0) is 24.7 Å². The second-order valence-electron chi connectivity index (χ2n) is 2.78. The van der Waals surface area contributed by atoms with Gasteiger partial charge >= 0.3 is 0 Å². The van der Waals surface area contributed by atoms with Crippen LogP contribution in [0.5, 0.6) is 0 Å². The maximum absolute atomic E-state index is 11.2. The van der Waals surface area contributed by atoms with Crippen LogP contribution in [0.3, 0.4) is 0 Å². The van der Waals surface area contributed by atoms with Crippen LogP contribution in [0, 0.1) is 0 Å². The first-order chi connectivity index (χ1) is 6.57. The topological polar surface area (TPSA) is 78.4 Å². The Labute approximate surface area is 82.8 Å². The first-order valence-electron chi connectivity index (χ1n) is 3.97. The van der Waals surface area contributed by atoms with Crippen molar-refractivity contribution in [2.75, 3.05) is 12.5 Å². The van der Waals surface area contributed by atoms with Crippen LogP contribution in [0.1, 0.15) is 5.56 Å². The number of hydrogen-bond donors (Lipinski definition) is 3. The molecule has 0 fully saturated rings. The van der Waals surface area contributed by atoms with Crippen LogP contribution in [-0.4, -0.2) is 20.7 Å². The largest absolute Gasteiger partial charge is 0.291 e. The molecule has 5 nitrogen and oxygen atoms in total. The van der Waals surface area contributed by atoms with Crippen molar-refractivity contribution in [1.29, 1.82) is 0 Å². The number of rotatable bonds is 4.